The van der Waals surface area contributed by atoms with Crippen molar-refractivity contribution in [2.24, 2.45) is 0 Å². The fourth-order valence-corrected chi connectivity index (χ4v) is 3.75. The molecule has 7 heteroatoms. The quantitative estimate of drug-likeness (QED) is 0.859. The first-order chi connectivity index (χ1) is 10.9. The summed E-state index contributed by atoms with van der Waals surface area (Å²) in [6, 6.07) is 6.25. The molecule has 2 heterocycles. The third kappa shape index (κ3) is 3.97. The number of aromatic nitrogens is 1. The number of nitrogens with zero attached hydrogens (tertiary/aromatic N) is 2. The zero-order valence-electron chi connectivity index (χ0n) is 12.9. The van der Waals surface area contributed by atoms with Crippen molar-refractivity contribution in [1.29, 1.82) is 0 Å². The highest BCUT2D eigenvalue weighted by Gasteiger charge is 2.29. The maximum Gasteiger partial charge on any atom is 0.211 e. The molecule has 1 saturated heterocycles. The van der Waals surface area contributed by atoms with E-state index in [1.807, 2.05) is 0 Å². The second kappa shape index (κ2) is 6.41. The monoisotopic (exact) mass is 338 g/mol. The van der Waals surface area contributed by atoms with Crippen LogP contribution in [0.4, 0.5) is 4.39 Å². The minimum Gasteiger partial charge on any atom is -0.445 e. The molecule has 0 bridgehead atoms. The summed E-state index contributed by atoms with van der Waals surface area (Å²) in [7, 11) is -3.18. The zero-order chi connectivity index (χ0) is 16.4. The standard InChI is InChI=1S/C16H19FN2O3S/c1-23(20,21)19-8-2-3-13(11-19)16-18-10-15(22-16)9-12-4-6-14(17)7-5-12/h4-7,10,13H,2-3,8-9,11H2,1H3/t13-/m1/s1. The first kappa shape index (κ1) is 16.1. The molecule has 0 spiro atoms. The van der Waals surface area contributed by atoms with Gasteiger partial charge in [-0.15, -0.1) is 0 Å². The molecule has 0 radical (unpaired) electrons. The molecule has 0 unspecified atom stereocenters. The van der Waals surface area contributed by atoms with Crippen molar-refractivity contribution in [2.45, 2.75) is 25.2 Å². The van der Waals surface area contributed by atoms with Crippen LogP contribution in [0.2, 0.25) is 0 Å². The molecule has 1 aromatic heterocycles. The van der Waals surface area contributed by atoms with Crippen LogP contribution in [-0.4, -0.2) is 37.1 Å². The summed E-state index contributed by atoms with van der Waals surface area (Å²) in [5.41, 5.74) is 0.940. The van der Waals surface area contributed by atoms with Gasteiger partial charge >= 0.3 is 0 Å². The molecule has 1 atom stereocenters. The first-order valence-electron chi connectivity index (χ1n) is 7.56. The molecule has 1 aromatic carbocycles. The Kier molecular flexibility index (Phi) is 4.50. The van der Waals surface area contributed by atoms with E-state index in [4.69, 9.17) is 4.42 Å². The number of piperidine rings is 1. The molecular formula is C16H19FN2O3S. The molecule has 1 fully saturated rings. The van der Waals surface area contributed by atoms with Gasteiger partial charge in [0, 0.05) is 25.4 Å². The van der Waals surface area contributed by atoms with E-state index in [1.165, 1.54) is 22.7 Å². The summed E-state index contributed by atoms with van der Waals surface area (Å²) in [5.74, 6) is 0.995. The molecule has 2 aromatic rings. The molecule has 0 N–H and O–H groups in total. The van der Waals surface area contributed by atoms with E-state index >= 15 is 0 Å². The molecular weight excluding hydrogens is 319 g/mol. The molecule has 1 aliphatic rings. The summed E-state index contributed by atoms with van der Waals surface area (Å²) < 4.78 is 43.5. The van der Waals surface area contributed by atoms with Crippen LogP contribution in [0.15, 0.2) is 34.9 Å². The van der Waals surface area contributed by atoms with Crippen molar-refractivity contribution in [2.75, 3.05) is 19.3 Å². The topological polar surface area (TPSA) is 63.4 Å². The second-order valence-electron chi connectivity index (χ2n) is 5.93. The van der Waals surface area contributed by atoms with Gasteiger partial charge in [-0.3, -0.25) is 0 Å². The molecule has 23 heavy (non-hydrogen) atoms. The van der Waals surface area contributed by atoms with E-state index in [1.54, 1.807) is 18.3 Å². The number of oxazole rings is 1. The minimum atomic E-state index is -3.18. The number of hydrogen-bond acceptors (Lipinski definition) is 4. The maximum atomic E-state index is 12.9. The molecule has 0 aliphatic carbocycles. The van der Waals surface area contributed by atoms with Crippen LogP contribution in [0.1, 0.15) is 36.0 Å². The van der Waals surface area contributed by atoms with Crippen molar-refractivity contribution < 1.29 is 17.2 Å². The Morgan fingerprint density at radius 1 is 1.35 bits per heavy atom. The van der Waals surface area contributed by atoms with Gasteiger partial charge < -0.3 is 4.42 Å². The van der Waals surface area contributed by atoms with Gasteiger partial charge in [-0.25, -0.2) is 22.1 Å². The Balaban J connectivity index is 1.70. The molecule has 1 aliphatic heterocycles. The lowest BCUT2D eigenvalue weighted by Crippen LogP contribution is -2.38. The van der Waals surface area contributed by atoms with Crippen molar-refractivity contribution in [3.8, 4) is 0 Å². The molecule has 3 rings (SSSR count). The zero-order valence-corrected chi connectivity index (χ0v) is 13.7. The Hall–Kier alpha value is -1.73. The SMILES string of the molecule is CS(=O)(=O)N1CCC[C@@H](c2ncc(Cc3ccc(F)cc3)o2)C1. The van der Waals surface area contributed by atoms with E-state index < -0.39 is 10.0 Å². The summed E-state index contributed by atoms with van der Waals surface area (Å²) in [4.78, 5) is 4.31. The van der Waals surface area contributed by atoms with Crippen LogP contribution in [0, 0.1) is 5.82 Å². The lowest BCUT2D eigenvalue weighted by atomic mass is 10.00. The van der Waals surface area contributed by atoms with Gasteiger partial charge in [-0.05, 0) is 30.5 Å². The van der Waals surface area contributed by atoms with Gasteiger partial charge in [0.2, 0.25) is 10.0 Å². The second-order valence-corrected chi connectivity index (χ2v) is 7.91. The molecule has 0 saturated carbocycles. The van der Waals surface area contributed by atoms with Gasteiger partial charge in [0.1, 0.15) is 11.6 Å². The molecule has 0 amide bonds. The first-order valence-corrected chi connectivity index (χ1v) is 9.41. The van der Waals surface area contributed by atoms with Crippen LogP contribution in [0.3, 0.4) is 0 Å². The normalized spacial score (nSPS) is 19.8. The van der Waals surface area contributed by atoms with Crippen molar-refractivity contribution in [1.82, 2.24) is 9.29 Å². The van der Waals surface area contributed by atoms with Crippen LogP contribution in [-0.2, 0) is 16.4 Å². The van der Waals surface area contributed by atoms with Gasteiger partial charge in [-0.1, -0.05) is 12.1 Å². The number of sulfonamides is 1. The Morgan fingerprint density at radius 2 is 2.09 bits per heavy atom. The number of halogens is 1. The Morgan fingerprint density at radius 3 is 2.78 bits per heavy atom. The average molecular weight is 338 g/mol. The van der Waals surface area contributed by atoms with Crippen LogP contribution in [0.25, 0.3) is 0 Å². The van der Waals surface area contributed by atoms with Gasteiger partial charge in [0.05, 0.1) is 12.5 Å². The Bertz CT molecular complexity index is 771. The van der Waals surface area contributed by atoms with E-state index in [9.17, 15) is 12.8 Å². The van der Waals surface area contributed by atoms with E-state index in [2.05, 4.69) is 4.98 Å². The number of benzene rings is 1. The predicted molar refractivity (Wildman–Crippen MR) is 84.1 cm³/mol. The largest absolute Gasteiger partial charge is 0.445 e. The van der Waals surface area contributed by atoms with E-state index in [0.29, 0.717) is 31.2 Å². The lowest BCUT2D eigenvalue weighted by molar-refractivity contribution is 0.283. The number of hydrogen-bond donors (Lipinski definition) is 0. The summed E-state index contributed by atoms with van der Waals surface area (Å²) in [6.07, 6.45) is 5.09. The van der Waals surface area contributed by atoms with Crippen LogP contribution >= 0.6 is 0 Å². The van der Waals surface area contributed by atoms with Crippen molar-refractivity contribution in [3.63, 3.8) is 0 Å². The highest BCUT2D eigenvalue weighted by molar-refractivity contribution is 7.88. The third-order valence-electron chi connectivity index (χ3n) is 4.07. The summed E-state index contributed by atoms with van der Waals surface area (Å²) in [6.45, 7) is 0.966. The van der Waals surface area contributed by atoms with E-state index in [-0.39, 0.29) is 11.7 Å². The third-order valence-corrected chi connectivity index (χ3v) is 5.34. The Labute approximate surface area is 135 Å². The highest BCUT2D eigenvalue weighted by Crippen LogP contribution is 2.28. The smallest absolute Gasteiger partial charge is 0.211 e. The van der Waals surface area contributed by atoms with Gasteiger partial charge in [0.15, 0.2) is 5.89 Å². The lowest BCUT2D eigenvalue weighted by Gasteiger charge is -2.29. The van der Waals surface area contributed by atoms with Crippen LogP contribution in [0.5, 0.6) is 0 Å². The average Bonchev–Trinajstić information content (AvgIpc) is 2.97. The van der Waals surface area contributed by atoms with Crippen LogP contribution < -0.4 is 0 Å². The number of rotatable bonds is 4. The molecule has 124 valence electrons. The summed E-state index contributed by atoms with van der Waals surface area (Å²) >= 11 is 0. The minimum absolute atomic E-state index is 0.0135. The fraction of sp³-hybridized carbons (Fsp3) is 0.438. The maximum absolute atomic E-state index is 12.9. The van der Waals surface area contributed by atoms with Gasteiger partial charge in [0.25, 0.3) is 0 Å². The van der Waals surface area contributed by atoms with E-state index in [0.717, 1.165) is 18.4 Å². The molecule has 5 nitrogen and oxygen atoms in total. The summed E-state index contributed by atoms with van der Waals surface area (Å²) in [5, 5.41) is 0. The van der Waals surface area contributed by atoms with Crippen molar-refractivity contribution in [3.05, 3.63) is 53.5 Å². The predicted octanol–water partition coefficient (Wildman–Crippen LogP) is 2.54. The van der Waals surface area contributed by atoms with Gasteiger partial charge in [-0.2, -0.15) is 0 Å². The highest BCUT2D eigenvalue weighted by atomic mass is 32.2. The van der Waals surface area contributed by atoms with Crippen molar-refractivity contribution >= 4 is 10.0 Å². The fourth-order valence-electron chi connectivity index (χ4n) is 2.84.